The van der Waals surface area contributed by atoms with Crippen molar-refractivity contribution in [1.29, 1.82) is 0 Å². The van der Waals surface area contributed by atoms with E-state index in [9.17, 15) is 5.11 Å². The van der Waals surface area contributed by atoms with Gasteiger partial charge in [0.25, 0.3) is 0 Å². The monoisotopic (exact) mass is 297 g/mol. The second-order valence-electron chi connectivity index (χ2n) is 7.50. The normalized spacial score (nSPS) is 27.9. The summed E-state index contributed by atoms with van der Waals surface area (Å²) in [5.74, 6) is 0.852. The molecule has 0 amide bonds. The highest BCUT2D eigenvalue weighted by atomic mass is 16.3. The Hall–Kier alpha value is -0.160. The molecule has 0 spiro atoms. The Labute approximate surface area is 131 Å². The number of rotatable bonds is 5. The molecule has 2 fully saturated rings. The molecule has 2 heterocycles. The van der Waals surface area contributed by atoms with E-state index in [-0.39, 0.29) is 0 Å². The van der Waals surface area contributed by atoms with Crippen molar-refractivity contribution in [2.75, 3.05) is 45.9 Å². The van der Waals surface area contributed by atoms with Crippen LogP contribution in [0.5, 0.6) is 0 Å². The van der Waals surface area contributed by atoms with Crippen LogP contribution in [-0.4, -0.2) is 83.8 Å². The van der Waals surface area contributed by atoms with Crippen LogP contribution in [0.2, 0.25) is 0 Å². The van der Waals surface area contributed by atoms with Gasteiger partial charge in [-0.15, -0.1) is 0 Å². The SMILES string of the molecule is CC(C)N1CCC(CN2CCN(C(C)C)[C@@H](CO)C2)CC1. The molecule has 0 aliphatic carbocycles. The Morgan fingerprint density at radius 3 is 2.14 bits per heavy atom. The van der Waals surface area contributed by atoms with Crippen molar-refractivity contribution < 1.29 is 5.11 Å². The van der Waals surface area contributed by atoms with Gasteiger partial charge in [-0.1, -0.05) is 0 Å². The number of hydrogen-bond acceptors (Lipinski definition) is 4. The van der Waals surface area contributed by atoms with Crippen molar-refractivity contribution in [3.05, 3.63) is 0 Å². The van der Waals surface area contributed by atoms with Crippen LogP contribution in [0.15, 0.2) is 0 Å². The van der Waals surface area contributed by atoms with Gasteiger partial charge in [-0.3, -0.25) is 4.90 Å². The van der Waals surface area contributed by atoms with Crippen LogP contribution < -0.4 is 0 Å². The Balaban J connectivity index is 1.77. The van der Waals surface area contributed by atoms with E-state index in [4.69, 9.17) is 0 Å². The molecule has 0 aromatic rings. The first kappa shape index (κ1) is 17.2. The predicted molar refractivity (Wildman–Crippen MR) is 88.6 cm³/mol. The third-order valence-corrected chi connectivity index (χ3v) is 5.38. The summed E-state index contributed by atoms with van der Waals surface area (Å²) < 4.78 is 0. The lowest BCUT2D eigenvalue weighted by atomic mass is 9.94. The smallest absolute Gasteiger partial charge is 0.0599 e. The second kappa shape index (κ2) is 7.91. The maximum absolute atomic E-state index is 9.65. The summed E-state index contributed by atoms with van der Waals surface area (Å²) >= 11 is 0. The first-order chi connectivity index (χ1) is 10.0. The Morgan fingerprint density at radius 1 is 0.952 bits per heavy atom. The zero-order valence-electron chi connectivity index (χ0n) is 14.5. The maximum atomic E-state index is 9.65. The molecule has 2 rings (SSSR count). The summed E-state index contributed by atoms with van der Waals surface area (Å²) in [6, 6.07) is 1.56. The molecule has 124 valence electrons. The first-order valence-electron chi connectivity index (χ1n) is 8.84. The van der Waals surface area contributed by atoms with Gasteiger partial charge in [0.15, 0.2) is 0 Å². The molecule has 2 aliphatic heterocycles. The van der Waals surface area contributed by atoms with Gasteiger partial charge in [0.1, 0.15) is 0 Å². The van der Waals surface area contributed by atoms with Crippen molar-refractivity contribution in [3.63, 3.8) is 0 Å². The fourth-order valence-corrected chi connectivity index (χ4v) is 3.96. The van der Waals surface area contributed by atoms with E-state index >= 15 is 0 Å². The van der Waals surface area contributed by atoms with E-state index in [1.807, 2.05) is 0 Å². The number of aliphatic hydroxyl groups excluding tert-OH is 1. The molecule has 21 heavy (non-hydrogen) atoms. The zero-order chi connectivity index (χ0) is 15.4. The van der Waals surface area contributed by atoms with Crippen molar-refractivity contribution >= 4 is 0 Å². The van der Waals surface area contributed by atoms with Gasteiger partial charge in [-0.25, -0.2) is 0 Å². The van der Waals surface area contributed by atoms with Crippen LogP contribution in [0.3, 0.4) is 0 Å². The standard InChI is InChI=1S/C17H35N3O/c1-14(2)19-7-5-16(6-8-19)11-18-9-10-20(15(3)4)17(12-18)13-21/h14-17,21H,5-13H2,1-4H3/t17-/m1/s1. The lowest BCUT2D eigenvalue weighted by molar-refractivity contribution is 0.00997. The van der Waals surface area contributed by atoms with Crippen molar-refractivity contribution in [2.45, 2.75) is 58.7 Å². The molecule has 0 aromatic carbocycles. The summed E-state index contributed by atoms with van der Waals surface area (Å²) in [7, 11) is 0. The van der Waals surface area contributed by atoms with Crippen molar-refractivity contribution in [2.24, 2.45) is 5.92 Å². The molecule has 1 N–H and O–H groups in total. The Kier molecular flexibility index (Phi) is 6.48. The summed E-state index contributed by atoms with van der Waals surface area (Å²) in [6.07, 6.45) is 2.68. The molecule has 0 saturated carbocycles. The minimum absolute atomic E-state index is 0.292. The van der Waals surface area contributed by atoms with Crippen LogP contribution in [0, 0.1) is 5.92 Å². The molecule has 1 atom stereocenters. The second-order valence-corrected chi connectivity index (χ2v) is 7.50. The highest BCUT2D eigenvalue weighted by Gasteiger charge is 2.30. The molecule has 0 unspecified atom stereocenters. The highest BCUT2D eigenvalue weighted by molar-refractivity contribution is 4.85. The Morgan fingerprint density at radius 2 is 1.62 bits per heavy atom. The number of likely N-dealkylation sites (tertiary alicyclic amines) is 1. The largest absolute Gasteiger partial charge is 0.395 e. The topological polar surface area (TPSA) is 30.0 Å². The summed E-state index contributed by atoms with van der Waals surface area (Å²) in [5, 5.41) is 9.65. The fourth-order valence-electron chi connectivity index (χ4n) is 3.96. The van der Waals surface area contributed by atoms with Crippen LogP contribution in [-0.2, 0) is 0 Å². The first-order valence-corrected chi connectivity index (χ1v) is 8.84. The summed E-state index contributed by atoms with van der Waals surface area (Å²) in [5.41, 5.74) is 0. The Bertz CT molecular complexity index is 300. The molecular formula is C17H35N3O. The van der Waals surface area contributed by atoms with Crippen LogP contribution in [0.4, 0.5) is 0 Å². The van der Waals surface area contributed by atoms with E-state index in [1.54, 1.807) is 0 Å². The quantitative estimate of drug-likeness (QED) is 0.833. The third kappa shape index (κ3) is 4.65. The van der Waals surface area contributed by atoms with Gasteiger partial charge in [0.05, 0.1) is 6.61 Å². The molecule has 0 aromatic heterocycles. The van der Waals surface area contributed by atoms with Gasteiger partial charge in [-0.2, -0.15) is 0 Å². The molecule has 4 nitrogen and oxygen atoms in total. The molecule has 0 bridgehead atoms. The molecule has 4 heteroatoms. The minimum atomic E-state index is 0.292. The van der Waals surface area contributed by atoms with Gasteiger partial charge < -0.3 is 14.9 Å². The van der Waals surface area contributed by atoms with E-state index in [0.29, 0.717) is 24.7 Å². The molecule has 0 radical (unpaired) electrons. The van der Waals surface area contributed by atoms with E-state index in [2.05, 4.69) is 42.4 Å². The highest BCUT2D eigenvalue weighted by Crippen LogP contribution is 2.22. The predicted octanol–water partition coefficient (Wildman–Crippen LogP) is 1.49. The molecular weight excluding hydrogens is 262 g/mol. The summed E-state index contributed by atoms with van der Waals surface area (Å²) in [4.78, 5) is 7.65. The van der Waals surface area contributed by atoms with Gasteiger partial charge in [-0.05, 0) is 59.5 Å². The lowest BCUT2D eigenvalue weighted by Crippen LogP contribution is -2.57. The van der Waals surface area contributed by atoms with Crippen LogP contribution >= 0.6 is 0 Å². The molecule has 2 aliphatic rings. The third-order valence-electron chi connectivity index (χ3n) is 5.38. The van der Waals surface area contributed by atoms with Crippen LogP contribution in [0.1, 0.15) is 40.5 Å². The van der Waals surface area contributed by atoms with E-state index in [0.717, 1.165) is 19.0 Å². The van der Waals surface area contributed by atoms with E-state index < -0.39 is 0 Å². The van der Waals surface area contributed by atoms with Gasteiger partial charge in [0, 0.05) is 44.3 Å². The van der Waals surface area contributed by atoms with E-state index in [1.165, 1.54) is 39.0 Å². The van der Waals surface area contributed by atoms with Gasteiger partial charge in [0.2, 0.25) is 0 Å². The van der Waals surface area contributed by atoms with Crippen molar-refractivity contribution in [1.82, 2.24) is 14.7 Å². The summed E-state index contributed by atoms with van der Waals surface area (Å²) in [6.45, 7) is 16.4. The fraction of sp³-hybridized carbons (Fsp3) is 1.00. The number of nitrogens with zero attached hydrogens (tertiary/aromatic N) is 3. The zero-order valence-corrected chi connectivity index (χ0v) is 14.5. The number of piperazine rings is 1. The number of hydrogen-bond donors (Lipinski definition) is 1. The lowest BCUT2D eigenvalue weighted by Gasteiger charge is -2.44. The average molecular weight is 297 g/mol. The minimum Gasteiger partial charge on any atom is -0.395 e. The van der Waals surface area contributed by atoms with Gasteiger partial charge >= 0.3 is 0 Å². The van der Waals surface area contributed by atoms with Crippen molar-refractivity contribution in [3.8, 4) is 0 Å². The van der Waals surface area contributed by atoms with Crippen LogP contribution in [0.25, 0.3) is 0 Å². The number of piperidine rings is 1. The molecule has 2 saturated heterocycles. The maximum Gasteiger partial charge on any atom is 0.0599 e. The average Bonchev–Trinajstić information content (AvgIpc) is 2.47. The number of aliphatic hydroxyl groups is 1.